The predicted octanol–water partition coefficient (Wildman–Crippen LogP) is 3.01. The minimum absolute atomic E-state index is 0.650. The highest BCUT2D eigenvalue weighted by Gasteiger charge is 2.36. The first-order valence-electron chi connectivity index (χ1n) is 6.97. The maximum Gasteiger partial charge on any atom is 0.0451 e. The van der Waals surface area contributed by atoms with Crippen molar-refractivity contribution in [3.8, 4) is 0 Å². The fraction of sp³-hybridized carbons (Fsp3) is 0.600. The first-order valence-corrected chi connectivity index (χ1v) is 7.35. The quantitative estimate of drug-likeness (QED) is 0.810. The van der Waals surface area contributed by atoms with E-state index in [1.807, 2.05) is 12.1 Å². The standard InChI is InChI=1S/C15H21ClN2/c1-12-15-7-4-8-17(15)9-10-18(12)11-13-5-2-3-6-14(13)16/h2-3,5-6,12,15H,4,7-11H2,1H3/t12-,15-/m0/s1. The summed E-state index contributed by atoms with van der Waals surface area (Å²) in [7, 11) is 0. The van der Waals surface area contributed by atoms with Crippen LogP contribution in [-0.2, 0) is 6.54 Å². The van der Waals surface area contributed by atoms with Crippen molar-refractivity contribution in [2.24, 2.45) is 0 Å². The Balaban J connectivity index is 1.72. The van der Waals surface area contributed by atoms with E-state index in [0.29, 0.717) is 6.04 Å². The van der Waals surface area contributed by atoms with Gasteiger partial charge in [-0.05, 0) is 37.9 Å². The number of fused-ring (bicyclic) bond motifs is 1. The maximum atomic E-state index is 6.27. The van der Waals surface area contributed by atoms with Crippen LogP contribution in [0.15, 0.2) is 24.3 Å². The Hall–Kier alpha value is -0.570. The van der Waals surface area contributed by atoms with Gasteiger partial charge in [-0.3, -0.25) is 9.80 Å². The van der Waals surface area contributed by atoms with Crippen LogP contribution in [0.2, 0.25) is 5.02 Å². The Kier molecular flexibility index (Phi) is 3.60. The monoisotopic (exact) mass is 264 g/mol. The van der Waals surface area contributed by atoms with E-state index in [0.717, 1.165) is 17.6 Å². The third-order valence-corrected chi connectivity index (χ3v) is 4.92. The van der Waals surface area contributed by atoms with Crippen LogP contribution in [0.3, 0.4) is 0 Å². The van der Waals surface area contributed by atoms with Crippen LogP contribution in [0.4, 0.5) is 0 Å². The minimum Gasteiger partial charge on any atom is -0.298 e. The molecule has 3 rings (SSSR count). The molecule has 2 heterocycles. The average Bonchev–Trinajstić information content (AvgIpc) is 2.84. The molecule has 0 aliphatic carbocycles. The Morgan fingerprint density at radius 1 is 1.22 bits per heavy atom. The summed E-state index contributed by atoms with van der Waals surface area (Å²) < 4.78 is 0. The molecule has 1 aromatic rings. The predicted molar refractivity (Wildman–Crippen MR) is 75.9 cm³/mol. The van der Waals surface area contributed by atoms with E-state index >= 15 is 0 Å². The third kappa shape index (κ3) is 2.29. The second-order valence-corrected chi connectivity index (χ2v) is 5.96. The van der Waals surface area contributed by atoms with Gasteiger partial charge in [-0.1, -0.05) is 29.8 Å². The van der Waals surface area contributed by atoms with Gasteiger partial charge in [-0.25, -0.2) is 0 Å². The fourth-order valence-corrected chi connectivity index (χ4v) is 3.64. The molecule has 1 aromatic carbocycles. The summed E-state index contributed by atoms with van der Waals surface area (Å²) in [5.41, 5.74) is 1.26. The van der Waals surface area contributed by atoms with Crippen molar-refractivity contribution in [2.45, 2.75) is 38.4 Å². The van der Waals surface area contributed by atoms with Gasteiger partial charge < -0.3 is 0 Å². The first kappa shape index (κ1) is 12.5. The van der Waals surface area contributed by atoms with Crippen LogP contribution in [-0.4, -0.2) is 41.5 Å². The van der Waals surface area contributed by atoms with Crippen molar-refractivity contribution in [3.05, 3.63) is 34.9 Å². The van der Waals surface area contributed by atoms with Gasteiger partial charge in [-0.15, -0.1) is 0 Å². The fourth-order valence-electron chi connectivity index (χ4n) is 3.45. The molecule has 0 N–H and O–H groups in total. The normalized spacial score (nSPS) is 29.4. The molecule has 18 heavy (non-hydrogen) atoms. The van der Waals surface area contributed by atoms with Crippen LogP contribution >= 0.6 is 11.6 Å². The van der Waals surface area contributed by atoms with Gasteiger partial charge in [0, 0.05) is 36.7 Å². The summed E-state index contributed by atoms with van der Waals surface area (Å²) in [6.07, 6.45) is 2.73. The van der Waals surface area contributed by atoms with Crippen LogP contribution in [0.25, 0.3) is 0 Å². The second-order valence-electron chi connectivity index (χ2n) is 5.55. The number of halogens is 1. The van der Waals surface area contributed by atoms with Crippen molar-refractivity contribution in [2.75, 3.05) is 19.6 Å². The zero-order valence-corrected chi connectivity index (χ0v) is 11.7. The molecule has 0 unspecified atom stereocenters. The largest absolute Gasteiger partial charge is 0.298 e. The van der Waals surface area contributed by atoms with Gasteiger partial charge in [0.15, 0.2) is 0 Å². The van der Waals surface area contributed by atoms with Crippen LogP contribution in [0.1, 0.15) is 25.3 Å². The molecule has 2 aliphatic rings. The summed E-state index contributed by atoms with van der Waals surface area (Å²) in [5.74, 6) is 0. The van der Waals surface area contributed by atoms with Crippen molar-refractivity contribution < 1.29 is 0 Å². The van der Waals surface area contributed by atoms with Crippen molar-refractivity contribution in [3.63, 3.8) is 0 Å². The molecular formula is C15H21ClN2. The summed E-state index contributed by atoms with van der Waals surface area (Å²) in [6, 6.07) is 9.64. The van der Waals surface area contributed by atoms with E-state index in [4.69, 9.17) is 11.6 Å². The Labute approximate surface area is 115 Å². The molecule has 98 valence electrons. The van der Waals surface area contributed by atoms with Gasteiger partial charge in [0.1, 0.15) is 0 Å². The highest BCUT2D eigenvalue weighted by Crippen LogP contribution is 2.28. The zero-order chi connectivity index (χ0) is 12.5. The lowest BCUT2D eigenvalue weighted by atomic mass is 10.0. The van der Waals surface area contributed by atoms with Crippen LogP contribution in [0, 0.1) is 0 Å². The molecule has 0 saturated carbocycles. The lowest BCUT2D eigenvalue weighted by Crippen LogP contribution is -2.55. The van der Waals surface area contributed by atoms with Gasteiger partial charge in [-0.2, -0.15) is 0 Å². The molecule has 0 bridgehead atoms. The average molecular weight is 265 g/mol. The molecule has 2 saturated heterocycles. The van der Waals surface area contributed by atoms with Crippen LogP contribution < -0.4 is 0 Å². The SMILES string of the molecule is C[C@H]1[C@@H]2CCCN2CCN1Cc1ccccc1Cl. The van der Waals surface area contributed by atoms with Gasteiger partial charge in [0.25, 0.3) is 0 Å². The highest BCUT2D eigenvalue weighted by atomic mass is 35.5. The lowest BCUT2D eigenvalue weighted by Gasteiger charge is -2.43. The molecular weight excluding hydrogens is 244 g/mol. The van der Waals surface area contributed by atoms with Gasteiger partial charge >= 0.3 is 0 Å². The van der Waals surface area contributed by atoms with E-state index in [2.05, 4.69) is 28.9 Å². The van der Waals surface area contributed by atoms with E-state index < -0.39 is 0 Å². The maximum absolute atomic E-state index is 6.27. The van der Waals surface area contributed by atoms with Gasteiger partial charge in [0.2, 0.25) is 0 Å². The smallest absolute Gasteiger partial charge is 0.0451 e. The molecule has 2 aliphatic heterocycles. The summed E-state index contributed by atoms with van der Waals surface area (Å²) in [5, 5.41) is 0.901. The second kappa shape index (κ2) is 5.20. The Morgan fingerprint density at radius 2 is 2.06 bits per heavy atom. The van der Waals surface area contributed by atoms with Crippen LogP contribution in [0.5, 0.6) is 0 Å². The summed E-state index contributed by atoms with van der Waals surface area (Å²) in [4.78, 5) is 5.25. The van der Waals surface area contributed by atoms with Crippen molar-refractivity contribution in [1.82, 2.24) is 9.80 Å². The highest BCUT2D eigenvalue weighted by molar-refractivity contribution is 6.31. The molecule has 0 spiro atoms. The molecule has 3 heteroatoms. The third-order valence-electron chi connectivity index (χ3n) is 4.55. The van der Waals surface area contributed by atoms with E-state index in [1.54, 1.807) is 0 Å². The number of rotatable bonds is 2. The van der Waals surface area contributed by atoms with E-state index in [9.17, 15) is 0 Å². The molecule has 2 fully saturated rings. The number of benzene rings is 1. The molecule has 2 atom stereocenters. The Morgan fingerprint density at radius 3 is 2.89 bits per heavy atom. The Bertz CT molecular complexity index is 421. The molecule has 2 nitrogen and oxygen atoms in total. The summed E-state index contributed by atoms with van der Waals surface area (Å²) >= 11 is 6.27. The minimum atomic E-state index is 0.650. The lowest BCUT2D eigenvalue weighted by molar-refractivity contribution is 0.0470. The topological polar surface area (TPSA) is 6.48 Å². The van der Waals surface area contributed by atoms with Gasteiger partial charge in [0.05, 0.1) is 0 Å². The summed E-state index contributed by atoms with van der Waals surface area (Å²) in [6.45, 7) is 7.06. The molecule has 0 radical (unpaired) electrons. The van der Waals surface area contributed by atoms with E-state index in [-0.39, 0.29) is 0 Å². The number of hydrogen-bond donors (Lipinski definition) is 0. The number of nitrogens with zero attached hydrogens (tertiary/aromatic N) is 2. The van der Waals surface area contributed by atoms with Crippen molar-refractivity contribution in [1.29, 1.82) is 0 Å². The molecule has 0 aromatic heterocycles. The first-order chi connectivity index (χ1) is 8.75. The number of hydrogen-bond acceptors (Lipinski definition) is 2. The zero-order valence-electron chi connectivity index (χ0n) is 11.0. The number of piperazine rings is 1. The van der Waals surface area contributed by atoms with Crippen molar-refractivity contribution >= 4 is 11.6 Å². The van der Waals surface area contributed by atoms with E-state index in [1.165, 1.54) is 38.0 Å². The molecule has 0 amide bonds.